The van der Waals surface area contributed by atoms with Crippen LogP contribution < -0.4 is 15.4 Å². The van der Waals surface area contributed by atoms with Crippen LogP contribution in [0, 0.1) is 17.0 Å². The number of nitrogens with zero attached hydrogens (tertiary/aromatic N) is 1. The van der Waals surface area contributed by atoms with E-state index in [1.54, 1.807) is 13.0 Å². The molecule has 0 bridgehead atoms. The highest BCUT2D eigenvalue weighted by atomic mass is 16.6. The first kappa shape index (κ1) is 15.7. The lowest BCUT2D eigenvalue weighted by atomic mass is 10.2. The van der Waals surface area contributed by atoms with Crippen LogP contribution in [0.2, 0.25) is 0 Å². The number of urea groups is 1. The van der Waals surface area contributed by atoms with Gasteiger partial charge in [0.25, 0.3) is 5.91 Å². The number of benzene rings is 1. The summed E-state index contributed by atoms with van der Waals surface area (Å²) >= 11 is 0. The maximum atomic E-state index is 11.8. The monoisotopic (exact) mass is 307 g/mol. The van der Waals surface area contributed by atoms with Gasteiger partial charge in [-0.2, -0.15) is 0 Å². The minimum atomic E-state index is -1.04. The van der Waals surface area contributed by atoms with Gasteiger partial charge in [-0.3, -0.25) is 20.2 Å². The third kappa shape index (κ3) is 4.18. The molecule has 0 radical (unpaired) electrons. The van der Waals surface area contributed by atoms with Crippen molar-refractivity contribution in [3.8, 4) is 5.75 Å². The van der Waals surface area contributed by atoms with Gasteiger partial charge >= 0.3 is 11.7 Å². The summed E-state index contributed by atoms with van der Waals surface area (Å²) in [4.78, 5) is 33.7. The van der Waals surface area contributed by atoms with E-state index in [4.69, 9.17) is 4.74 Å². The van der Waals surface area contributed by atoms with Gasteiger partial charge in [0.2, 0.25) is 0 Å². The van der Waals surface area contributed by atoms with Crippen LogP contribution in [-0.2, 0) is 4.79 Å². The van der Waals surface area contributed by atoms with E-state index < -0.39 is 23.0 Å². The lowest BCUT2D eigenvalue weighted by molar-refractivity contribution is -0.386. The van der Waals surface area contributed by atoms with Crippen molar-refractivity contribution in [1.29, 1.82) is 0 Å². The number of nitrogens with one attached hydrogen (secondary N) is 2. The molecule has 3 amide bonds. The van der Waals surface area contributed by atoms with Crippen LogP contribution in [0.25, 0.3) is 0 Å². The molecule has 2 N–H and O–H groups in total. The molecular weight excluding hydrogens is 290 g/mol. The lowest BCUT2D eigenvalue weighted by Crippen LogP contribution is -2.45. The molecule has 0 aliphatic heterocycles. The van der Waals surface area contributed by atoms with E-state index in [9.17, 15) is 19.7 Å². The molecule has 0 saturated heterocycles. The first-order chi connectivity index (χ1) is 10.4. The third-order valence-electron chi connectivity index (χ3n) is 3.13. The number of hydrogen-bond acceptors (Lipinski definition) is 5. The quantitative estimate of drug-likeness (QED) is 0.635. The van der Waals surface area contributed by atoms with Crippen molar-refractivity contribution in [1.82, 2.24) is 10.6 Å². The molecule has 0 aromatic heterocycles. The van der Waals surface area contributed by atoms with Crippen LogP contribution in [0.3, 0.4) is 0 Å². The first-order valence-corrected chi connectivity index (χ1v) is 6.90. The van der Waals surface area contributed by atoms with Crippen LogP contribution in [0.4, 0.5) is 10.5 Å². The van der Waals surface area contributed by atoms with Gasteiger partial charge in [-0.25, -0.2) is 4.79 Å². The molecule has 8 nitrogen and oxygen atoms in total. The Hall–Kier alpha value is -2.64. The number of aryl methyl sites for hydroxylation is 1. The predicted molar refractivity (Wildman–Crippen MR) is 77.6 cm³/mol. The minimum absolute atomic E-state index is 0.0131. The Labute approximate surface area is 127 Å². The van der Waals surface area contributed by atoms with E-state index in [1.807, 2.05) is 0 Å². The Morgan fingerprint density at radius 3 is 2.68 bits per heavy atom. The zero-order valence-electron chi connectivity index (χ0n) is 12.3. The van der Waals surface area contributed by atoms with Crippen molar-refractivity contribution in [2.24, 2.45) is 0 Å². The van der Waals surface area contributed by atoms with Crippen molar-refractivity contribution in [2.45, 2.75) is 38.8 Å². The predicted octanol–water partition coefficient (Wildman–Crippen LogP) is 1.66. The highest BCUT2D eigenvalue weighted by molar-refractivity contribution is 5.96. The molecule has 2 rings (SSSR count). The summed E-state index contributed by atoms with van der Waals surface area (Å²) in [5.74, 6) is -0.672. The van der Waals surface area contributed by atoms with Crippen LogP contribution in [-0.4, -0.2) is 29.0 Å². The van der Waals surface area contributed by atoms with Crippen molar-refractivity contribution in [3.63, 3.8) is 0 Å². The summed E-state index contributed by atoms with van der Waals surface area (Å²) in [5, 5.41) is 15.7. The van der Waals surface area contributed by atoms with Gasteiger partial charge in [0.15, 0.2) is 11.9 Å². The van der Waals surface area contributed by atoms with Gasteiger partial charge in [0, 0.05) is 12.1 Å². The topological polar surface area (TPSA) is 111 Å². The van der Waals surface area contributed by atoms with Crippen molar-refractivity contribution in [2.75, 3.05) is 0 Å². The molecule has 1 aliphatic rings. The Morgan fingerprint density at radius 2 is 2.09 bits per heavy atom. The standard InChI is InChI=1S/C14H17N3O5/c1-8-3-6-12(11(7-8)17(20)21)22-9(2)13(18)16-14(19)15-10-4-5-10/h3,6-7,9-10H,4-5H2,1-2H3,(H2,15,16,18,19). The molecule has 22 heavy (non-hydrogen) atoms. The average molecular weight is 307 g/mol. The second kappa shape index (κ2) is 6.42. The van der Waals surface area contributed by atoms with E-state index in [-0.39, 0.29) is 17.5 Å². The molecule has 1 aromatic carbocycles. The van der Waals surface area contributed by atoms with Crippen molar-refractivity contribution in [3.05, 3.63) is 33.9 Å². The number of rotatable bonds is 5. The van der Waals surface area contributed by atoms with Gasteiger partial charge < -0.3 is 10.1 Å². The molecule has 1 aromatic rings. The largest absolute Gasteiger partial charge is 0.474 e. The molecular formula is C14H17N3O5. The second-order valence-corrected chi connectivity index (χ2v) is 5.23. The van der Waals surface area contributed by atoms with Crippen LogP contribution in [0.1, 0.15) is 25.3 Å². The number of nitro benzene ring substituents is 1. The van der Waals surface area contributed by atoms with E-state index in [0.717, 1.165) is 12.8 Å². The van der Waals surface area contributed by atoms with Gasteiger partial charge in [-0.05, 0) is 38.3 Å². The fraction of sp³-hybridized carbons (Fsp3) is 0.429. The van der Waals surface area contributed by atoms with Crippen LogP contribution >= 0.6 is 0 Å². The molecule has 8 heteroatoms. The van der Waals surface area contributed by atoms with Crippen molar-refractivity contribution < 1.29 is 19.2 Å². The van der Waals surface area contributed by atoms with E-state index in [1.165, 1.54) is 19.1 Å². The molecule has 0 spiro atoms. The van der Waals surface area contributed by atoms with E-state index in [0.29, 0.717) is 5.56 Å². The SMILES string of the molecule is Cc1ccc(OC(C)C(=O)NC(=O)NC2CC2)c([N+](=O)[O-])c1. The zero-order chi connectivity index (χ0) is 16.3. The fourth-order valence-corrected chi connectivity index (χ4v) is 1.78. The molecule has 0 heterocycles. The number of ether oxygens (including phenoxy) is 1. The second-order valence-electron chi connectivity index (χ2n) is 5.23. The van der Waals surface area contributed by atoms with Gasteiger partial charge in [-0.1, -0.05) is 6.07 Å². The molecule has 1 fully saturated rings. The van der Waals surface area contributed by atoms with E-state index in [2.05, 4.69) is 10.6 Å². The molecule has 118 valence electrons. The minimum Gasteiger partial charge on any atom is -0.474 e. The molecule has 1 unspecified atom stereocenters. The van der Waals surface area contributed by atoms with Gasteiger partial charge in [0.1, 0.15) is 0 Å². The number of carbonyl (C=O) groups is 2. The van der Waals surface area contributed by atoms with E-state index >= 15 is 0 Å². The Bertz CT molecular complexity index is 612. The lowest BCUT2D eigenvalue weighted by Gasteiger charge is -2.14. The summed E-state index contributed by atoms with van der Waals surface area (Å²) in [5.41, 5.74) is 0.488. The molecule has 1 aliphatic carbocycles. The average Bonchev–Trinajstić information content (AvgIpc) is 3.24. The Kier molecular flexibility index (Phi) is 4.59. The van der Waals surface area contributed by atoms with Crippen LogP contribution in [0.15, 0.2) is 18.2 Å². The number of imide groups is 1. The third-order valence-corrected chi connectivity index (χ3v) is 3.13. The fourth-order valence-electron chi connectivity index (χ4n) is 1.78. The summed E-state index contributed by atoms with van der Waals surface area (Å²) in [6.45, 7) is 3.14. The Balaban J connectivity index is 1.98. The van der Waals surface area contributed by atoms with Crippen molar-refractivity contribution >= 4 is 17.6 Å². The number of amides is 3. The highest BCUT2D eigenvalue weighted by Crippen LogP contribution is 2.28. The smallest absolute Gasteiger partial charge is 0.321 e. The number of carbonyl (C=O) groups excluding carboxylic acids is 2. The molecule has 1 atom stereocenters. The normalized spacial score (nSPS) is 14.8. The first-order valence-electron chi connectivity index (χ1n) is 6.90. The summed E-state index contributed by atoms with van der Waals surface area (Å²) < 4.78 is 5.31. The highest BCUT2D eigenvalue weighted by Gasteiger charge is 2.26. The summed E-state index contributed by atoms with van der Waals surface area (Å²) in [7, 11) is 0. The molecule has 1 saturated carbocycles. The number of hydrogen-bond donors (Lipinski definition) is 2. The zero-order valence-corrected chi connectivity index (χ0v) is 12.3. The van der Waals surface area contributed by atoms with Gasteiger partial charge in [0.05, 0.1) is 4.92 Å². The van der Waals surface area contributed by atoms with Gasteiger partial charge in [-0.15, -0.1) is 0 Å². The summed E-state index contributed by atoms with van der Waals surface area (Å²) in [6, 6.07) is 3.98. The Morgan fingerprint density at radius 1 is 1.41 bits per heavy atom. The maximum Gasteiger partial charge on any atom is 0.321 e. The van der Waals surface area contributed by atoms with Crippen LogP contribution in [0.5, 0.6) is 5.75 Å². The number of nitro groups is 1. The summed E-state index contributed by atoms with van der Waals surface area (Å²) in [6.07, 6.45) is 0.776. The maximum absolute atomic E-state index is 11.8.